The second-order valence-corrected chi connectivity index (χ2v) is 7.95. The number of esters is 1. The molecule has 140 valence electrons. The molecule has 0 bridgehead atoms. The van der Waals surface area contributed by atoms with E-state index in [1.165, 1.54) is 11.3 Å². The summed E-state index contributed by atoms with van der Waals surface area (Å²) in [5.41, 5.74) is 2.85. The molecule has 0 aliphatic rings. The van der Waals surface area contributed by atoms with Gasteiger partial charge in [0.05, 0.1) is 17.1 Å². The van der Waals surface area contributed by atoms with Crippen molar-refractivity contribution in [2.45, 2.75) is 27.3 Å². The monoisotopic (exact) mass is 402 g/mol. The number of rotatable bonds is 6. The molecule has 2 aromatic heterocycles. The number of aromatic nitrogens is 2. The molecule has 5 nitrogen and oxygen atoms in total. The first kappa shape index (κ1) is 19.3. The second-order valence-electron chi connectivity index (χ2n) is 6.30. The number of carbonyl (C=O) groups is 2. The Morgan fingerprint density at radius 2 is 1.81 bits per heavy atom. The van der Waals surface area contributed by atoms with E-state index >= 15 is 0 Å². The summed E-state index contributed by atoms with van der Waals surface area (Å²) in [5.74, 6) is -0.878. The fourth-order valence-electron chi connectivity index (χ4n) is 2.62. The molecule has 0 saturated heterocycles. The molecule has 3 rings (SSSR count). The van der Waals surface area contributed by atoms with E-state index < -0.39 is 5.97 Å². The lowest BCUT2D eigenvalue weighted by atomic mass is 10.1. The van der Waals surface area contributed by atoms with Crippen LogP contribution in [-0.2, 0) is 11.3 Å². The van der Waals surface area contributed by atoms with Crippen molar-refractivity contribution in [3.63, 3.8) is 0 Å². The van der Waals surface area contributed by atoms with Crippen LogP contribution in [0, 0.1) is 20.8 Å². The Labute approximate surface area is 166 Å². The van der Waals surface area contributed by atoms with Crippen LogP contribution < -0.4 is 0 Å². The van der Waals surface area contributed by atoms with Gasteiger partial charge in [0.2, 0.25) is 5.78 Å². The number of benzene rings is 1. The van der Waals surface area contributed by atoms with Crippen molar-refractivity contribution in [3.05, 3.63) is 73.7 Å². The Kier molecular flexibility index (Phi) is 5.77. The van der Waals surface area contributed by atoms with E-state index in [-0.39, 0.29) is 23.1 Å². The van der Waals surface area contributed by atoms with E-state index in [1.807, 2.05) is 44.2 Å². The molecular weight excluding hydrogens is 384 g/mol. The van der Waals surface area contributed by atoms with E-state index in [2.05, 4.69) is 5.10 Å². The molecule has 27 heavy (non-hydrogen) atoms. The topological polar surface area (TPSA) is 61.2 Å². The zero-order valence-corrected chi connectivity index (χ0v) is 16.9. The van der Waals surface area contributed by atoms with Crippen LogP contribution in [0.1, 0.15) is 41.7 Å². The first-order valence-electron chi connectivity index (χ1n) is 8.40. The van der Waals surface area contributed by atoms with Crippen LogP contribution in [0.15, 0.2) is 36.4 Å². The molecule has 7 heteroatoms. The highest BCUT2D eigenvalue weighted by molar-refractivity contribution is 7.14. The summed E-state index contributed by atoms with van der Waals surface area (Å²) < 4.78 is 6.73. The Balaban J connectivity index is 1.70. The third kappa shape index (κ3) is 4.46. The van der Waals surface area contributed by atoms with Crippen LogP contribution >= 0.6 is 22.9 Å². The number of halogens is 1. The maximum atomic E-state index is 12.4. The molecule has 1 aromatic carbocycles. The van der Waals surface area contributed by atoms with E-state index in [0.29, 0.717) is 17.1 Å². The number of ether oxygens (including phenoxy) is 1. The predicted octanol–water partition coefficient (Wildman–Crippen LogP) is 4.61. The molecule has 0 N–H and O–H groups in total. The van der Waals surface area contributed by atoms with Gasteiger partial charge in [-0.1, -0.05) is 41.4 Å². The largest absolute Gasteiger partial charge is 0.454 e. The normalized spacial score (nSPS) is 10.8. The summed E-state index contributed by atoms with van der Waals surface area (Å²) in [5, 5.41) is 4.54. The number of ketones is 1. The number of hydrogen-bond acceptors (Lipinski definition) is 5. The first-order valence-corrected chi connectivity index (χ1v) is 9.60. The zero-order chi connectivity index (χ0) is 19.6. The molecule has 0 radical (unpaired) electrons. The second kappa shape index (κ2) is 8.06. The van der Waals surface area contributed by atoms with Gasteiger partial charge in [0.1, 0.15) is 10.7 Å². The molecule has 3 aromatic rings. The zero-order valence-electron chi connectivity index (χ0n) is 15.3. The standard InChI is InChI=1S/C20H19ClN2O3S/c1-12-4-7-15(8-5-12)10-23-19(21)18(14(3)22-23)20(25)26-11-16(24)17-9-6-13(2)27-17/h4-9H,10-11H2,1-3H3. The minimum absolute atomic E-state index is 0.193. The molecule has 0 saturated carbocycles. The van der Waals surface area contributed by atoms with Crippen LogP contribution in [-0.4, -0.2) is 28.1 Å². The van der Waals surface area contributed by atoms with Crippen LogP contribution in [0.4, 0.5) is 0 Å². The SMILES string of the molecule is Cc1ccc(Cn2nc(C)c(C(=O)OCC(=O)c3ccc(C)s3)c2Cl)cc1. The van der Waals surface area contributed by atoms with Gasteiger partial charge in [-0.2, -0.15) is 5.10 Å². The minimum atomic E-state index is -0.644. The predicted molar refractivity (Wildman–Crippen MR) is 106 cm³/mol. The number of carbonyl (C=O) groups excluding carboxylic acids is 2. The summed E-state index contributed by atoms with van der Waals surface area (Å²) in [4.78, 5) is 26.1. The van der Waals surface area contributed by atoms with Crippen molar-refractivity contribution < 1.29 is 14.3 Å². The van der Waals surface area contributed by atoms with E-state index in [9.17, 15) is 9.59 Å². The van der Waals surface area contributed by atoms with Gasteiger partial charge >= 0.3 is 5.97 Å². The molecule has 0 atom stereocenters. The van der Waals surface area contributed by atoms with Gasteiger partial charge in [-0.3, -0.25) is 4.79 Å². The van der Waals surface area contributed by atoms with Crippen molar-refractivity contribution in [2.75, 3.05) is 6.61 Å². The van der Waals surface area contributed by atoms with Gasteiger partial charge in [0.15, 0.2) is 6.61 Å². The van der Waals surface area contributed by atoms with Crippen molar-refractivity contribution in [3.8, 4) is 0 Å². The Hall–Kier alpha value is -2.44. The molecule has 0 unspecified atom stereocenters. The highest BCUT2D eigenvalue weighted by Crippen LogP contribution is 2.22. The minimum Gasteiger partial charge on any atom is -0.454 e. The van der Waals surface area contributed by atoms with Gasteiger partial charge < -0.3 is 4.74 Å². The van der Waals surface area contributed by atoms with Crippen molar-refractivity contribution in [1.82, 2.24) is 9.78 Å². The van der Waals surface area contributed by atoms with Gasteiger partial charge in [0, 0.05) is 4.88 Å². The number of thiophene rings is 1. The van der Waals surface area contributed by atoms with Gasteiger partial charge in [-0.05, 0) is 38.5 Å². The average Bonchev–Trinajstić information content (AvgIpc) is 3.18. The van der Waals surface area contributed by atoms with Crippen LogP contribution in [0.3, 0.4) is 0 Å². The smallest absolute Gasteiger partial charge is 0.343 e. The first-order chi connectivity index (χ1) is 12.8. The molecular formula is C20H19ClN2O3S. The fraction of sp³-hybridized carbons (Fsp3) is 0.250. The van der Waals surface area contributed by atoms with E-state index in [0.717, 1.165) is 16.0 Å². The third-order valence-corrected chi connectivity index (χ3v) is 5.50. The van der Waals surface area contributed by atoms with Crippen LogP contribution in [0.25, 0.3) is 0 Å². The lowest BCUT2D eigenvalue weighted by molar-refractivity contribution is 0.0475. The van der Waals surface area contributed by atoms with Gasteiger partial charge in [0.25, 0.3) is 0 Å². The fourth-order valence-corrected chi connectivity index (χ4v) is 3.72. The number of aryl methyl sites for hydroxylation is 3. The highest BCUT2D eigenvalue weighted by atomic mass is 35.5. The van der Waals surface area contributed by atoms with Crippen molar-refractivity contribution in [2.24, 2.45) is 0 Å². The maximum Gasteiger partial charge on any atom is 0.343 e. The van der Waals surface area contributed by atoms with Crippen LogP contribution in [0.2, 0.25) is 5.15 Å². The molecule has 2 heterocycles. The Morgan fingerprint density at radius 1 is 1.11 bits per heavy atom. The lowest BCUT2D eigenvalue weighted by Gasteiger charge is -2.05. The summed E-state index contributed by atoms with van der Waals surface area (Å²) in [6.45, 7) is 5.75. The van der Waals surface area contributed by atoms with Crippen LogP contribution in [0.5, 0.6) is 0 Å². The summed E-state index contributed by atoms with van der Waals surface area (Å²) in [6, 6.07) is 11.6. The third-order valence-electron chi connectivity index (χ3n) is 4.07. The Bertz CT molecular complexity index is 989. The summed E-state index contributed by atoms with van der Waals surface area (Å²) in [7, 11) is 0. The number of hydrogen-bond donors (Lipinski definition) is 0. The number of nitrogens with zero attached hydrogens (tertiary/aromatic N) is 2. The molecule has 0 spiro atoms. The maximum absolute atomic E-state index is 12.4. The lowest BCUT2D eigenvalue weighted by Crippen LogP contribution is -2.14. The molecule has 0 amide bonds. The van der Waals surface area contributed by atoms with E-state index in [4.69, 9.17) is 16.3 Å². The molecule has 0 aliphatic heterocycles. The summed E-state index contributed by atoms with van der Waals surface area (Å²) >= 11 is 7.73. The van der Waals surface area contributed by atoms with Crippen molar-refractivity contribution >= 4 is 34.7 Å². The van der Waals surface area contributed by atoms with E-state index in [1.54, 1.807) is 17.7 Å². The van der Waals surface area contributed by atoms with Gasteiger partial charge in [-0.15, -0.1) is 11.3 Å². The Morgan fingerprint density at radius 3 is 2.44 bits per heavy atom. The quantitative estimate of drug-likeness (QED) is 0.446. The number of Topliss-reactive ketones (excluding diaryl/α,β-unsaturated/α-hetero) is 1. The molecule has 0 aliphatic carbocycles. The average molecular weight is 403 g/mol. The highest BCUT2D eigenvalue weighted by Gasteiger charge is 2.23. The summed E-state index contributed by atoms with van der Waals surface area (Å²) in [6.07, 6.45) is 0. The molecule has 0 fully saturated rings. The van der Waals surface area contributed by atoms with Gasteiger partial charge in [-0.25, -0.2) is 9.48 Å². The van der Waals surface area contributed by atoms with Crippen molar-refractivity contribution in [1.29, 1.82) is 0 Å².